The SMILES string of the molecule is COc1cc(C(C(=O)N2CCOCC2)N2CCNCC2C)ccc1O. The zero-order valence-corrected chi connectivity index (χ0v) is 14.9. The molecular formula is C18H27N3O4. The quantitative estimate of drug-likeness (QED) is 0.829. The van der Waals surface area contributed by atoms with Crippen LogP contribution in [-0.2, 0) is 9.53 Å². The molecule has 1 aromatic carbocycles. The maximum absolute atomic E-state index is 13.3. The van der Waals surface area contributed by atoms with Crippen molar-refractivity contribution in [2.75, 3.05) is 53.0 Å². The molecule has 25 heavy (non-hydrogen) atoms. The Morgan fingerprint density at radius 3 is 2.80 bits per heavy atom. The molecule has 0 saturated carbocycles. The summed E-state index contributed by atoms with van der Waals surface area (Å²) in [4.78, 5) is 17.4. The number of morpholine rings is 1. The summed E-state index contributed by atoms with van der Waals surface area (Å²) >= 11 is 0. The Hall–Kier alpha value is -1.83. The van der Waals surface area contributed by atoms with Crippen molar-refractivity contribution in [3.05, 3.63) is 23.8 Å². The molecule has 2 unspecified atom stereocenters. The first-order valence-electron chi connectivity index (χ1n) is 8.81. The third kappa shape index (κ3) is 3.89. The number of hydrogen-bond acceptors (Lipinski definition) is 6. The average Bonchev–Trinajstić information content (AvgIpc) is 2.65. The van der Waals surface area contributed by atoms with Gasteiger partial charge in [0.2, 0.25) is 5.91 Å². The van der Waals surface area contributed by atoms with Gasteiger partial charge in [0.1, 0.15) is 6.04 Å². The first-order valence-corrected chi connectivity index (χ1v) is 8.81. The Kier molecular flexibility index (Phi) is 5.78. The van der Waals surface area contributed by atoms with Gasteiger partial charge in [-0.05, 0) is 24.6 Å². The summed E-state index contributed by atoms with van der Waals surface area (Å²) in [5.74, 6) is 0.557. The number of nitrogens with zero attached hydrogens (tertiary/aromatic N) is 2. The molecule has 2 N–H and O–H groups in total. The number of aromatic hydroxyl groups is 1. The lowest BCUT2D eigenvalue weighted by atomic mass is 9.99. The fourth-order valence-electron chi connectivity index (χ4n) is 3.54. The van der Waals surface area contributed by atoms with Crippen molar-refractivity contribution in [2.24, 2.45) is 0 Å². The zero-order chi connectivity index (χ0) is 17.8. The van der Waals surface area contributed by atoms with E-state index in [-0.39, 0.29) is 23.7 Å². The molecule has 2 atom stereocenters. The predicted molar refractivity (Wildman–Crippen MR) is 93.8 cm³/mol. The molecule has 2 aliphatic heterocycles. The van der Waals surface area contributed by atoms with E-state index in [1.807, 2.05) is 11.0 Å². The molecule has 1 amide bonds. The van der Waals surface area contributed by atoms with Crippen LogP contribution in [0.5, 0.6) is 11.5 Å². The molecule has 0 radical (unpaired) electrons. The lowest BCUT2D eigenvalue weighted by molar-refractivity contribution is -0.142. The number of nitrogens with one attached hydrogen (secondary N) is 1. The third-order valence-corrected chi connectivity index (χ3v) is 4.96. The summed E-state index contributed by atoms with van der Waals surface area (Å²) < 4.78 is 10.6. The van der Waals surface area contributed by atoms with Crippen LogP contribution in [0.15, 0.2) is 18.2 Å². The van der Waals surface area contributed by atoms with Crippen molar-refractivity contribution in [3.63, 3.8) is 0 Å². The van der Waals surface area contributed by atoms with Gasteiger partial charge in [-0.1, -0.05) is 6.07 Å². The molecular weight excluding hydrogens is 322 g/mol. The van der Waals surface area contributed by atoms with Crippen LogP contribution in [0, 0.1) is 0 Å². The van der Waals surface area contributed by atoms with Crippen LogP contribution in [0.4, 0.5) is 0 Å². The van der Waals surface area contributed by atoms with Gasteiger partial charge in [-0.15, -0.1) is 0 Å². The molecule has 3 rings (SSSR count). The van der Waals surface area contributed by atoms with Gasteiger partial charge in [-0.2, -0.15) is 0 Å². The molecule has 138 valence electrons. The summed E-state index contributed by atoms with van der Waals surface area (Å²) in [6.07, 6.45) is 0. The number of carbonyl (C=O) groups excluding carboxylic acids is 1. The summed E-state index contributed by atoms with van der Waals surface area (Å²) in [5.41, 5.74) is 0.847. The summed E-state index contributed by atoms with van der Waals surface area (Å²) in [6, 6.07) is 5.04. The van der Waals surface area contributed by atoms with Crippen LogP contribution in [0.2, 0.25) is 0 Å². The predicted octanol–water partition coefficient (Wildman–Crippen LogP) is 0.594. The first kappa shape index (κ1) is 18.0. The Balaban J connectivity index is 1.94. The van der Waals surface area contributed by atoms with Crippen molar-refractivity contribution in [3.8, 4) is 11.5 Å². The summed E-state index contributed by atoms with van der Waals surface area (Å²) in [7, 11) is 1.52. The standard InChI is InChI=1S/C18H27N3O4/c1-13-12-19-5-6-21(13)17(18(23)20-7-9-25-10-8-20)14-3-4-15(22)16(11-14)24-2/h3-4,11,13,17,19,22H,5-10,12H2,1-2H3. The van der Waals surface area contributed by atoms with Gasteiger partial charge < -0.3 is 24.8 Å². The highest BCUT2D eigenvalue weighted by Gasteiger charge is 2.36. The van der Waals surface area contributed by atoms with E-state index in [0.717, 1.165) is 25.2 Å². The van der Waals surface area contributed by atoms with Crippen molar-refractivity contribution < 1.29 is 19.4 Å². The molecule has 0 aliphatic carbocycles. The van der Waals surface area contributed by atoms with Crippen molar-refractivity contribution in [1.29, 1.82) is 0 Å². The van der Waals surface area contributed by atoms with Crippen LogP contribution in [0.1, 0.15) is 18.5 Å². The molecule has 0 spiro atoms. The van der Waals surface area contributed by atoms with Crippen molar-refractivity contribution in [2.45, 2.75) is 19.0 Å². The number of phenolic OH excluding ortho intramolecular Hbond substituents is 1. The number of piperazine rings is 1. The van der Waals surface area contributed by atoms with E-state index in [0.29, 0.717) is 32.1 Å². The van der Waals surface area contributed by atoms with Crippen molar-refractivity contribution >= 4 is 5.91 Å². The summed E-state index contributed by atoms with van der Waals surface area (Å²) in [6.45, 7) is 7.02. The number of rotatable bonds is 4. The highest BCUT2D eigenvalue weighted by atomic mass is 16.5. The highest BCUT2D eigenvalue weighted by Crippen LogP contribution is 2.33. The molecule has 2 saturated heterocycles. The number of ether oxygens (including phenoxy) is 2. The molecule has 7 nitrogen and oxygen atoms in total. The lowest BCUT2D eigenvalue weighted by Crippen LogP contribution is -2.55. The number of methoxy groups -OCH3 is 1. The normalized spacial score (nSPS) is 23.3. The number of hydrogen-bond donors (Lipinski definition) is 2. The number of amides is 1. The fourth-order valence-corrected chi connectivity index (χ4v) is 3.54. The van der Waals surface area contributed by atoms with E-state index >= 15 is 0 Å². The second-order valence-corrected chi connectivity index (χ2v) is 6.56. The Morgan fingerprint density at radius 1 is 1.36 bits per heavy atom. The van der Waals surface area contributed by atoms with Crippen molar-refractivity contribution in [1.82, 2.24) is 15.1 Å². The molecule has 2 fully saturated rings. The second kappa shape index (κ2) is 8.03. The van der Waals surface area contributed by atoms with Gasteiger partial charge in [-0.25, -0.2) is 0 Å². The minimum absolute atomic E-state index is 0.0807. The second-order valence-electron chi connectivity index (χ2n) is 6.56. The maximum atomic E-state index is 13.3. The van der Waals surface area contributed by atoms with Crippen LogP contribution in [0.25, 0.3) is 0 Å². The molecule has 2 heterocycles. The van der Waals surface area contributed by atoms with Crippen LogP contribution >= 0.6 is 0 Å². The van der Waals surface area contributed by atoms with E-state index in [9.17, 15) is 9.90 Å². The molecule has 0 bridgehead atoms. The van der Waals surface area contributed by atoms with Gasteiger partial charge >= 0.3 is 0 Å². The molecule has 7 heteroatoms. The maximum Gasteiger partial charge on any atom is 0.244 e. The minimum atomic E-state index is -0.385. The third-order valence-electron chi connectivity index (χ3n) is 4.96. The Morgan fingerprint density at radius 2 is 2.12 bits per heavy atom. The lowest BCUT2D eigenvalue weighted by Gasteiger charge is -2.41. The molecule has 0 aromatic heterocycles. The van der Waals surface area contributed by atoms with Crippen LogP contribution in [-0.4, -0.2) is 79.9 Å². The van der Waals surface area contributed by atoms with E-state index < -0.39 is 0 Å². The monoisotopic (exact) mass is 349 g/mol. The average molecular weight is 349 g/mol. The van der Waals surface area contributed by atoms with E-state index in [1.165, 1.54) is 7.11 Å². The fraction of sp³-hybridized carbons (Fsp3) is 0.611. The zero-order valence-electron chi connectivity index (χ0n) is 14.9. The van der Waals surface area contributed by atoms with E-state index in [1.54, 1.807) is 12.1 Å². The highest BCUT2D eigenvalue weighted by molar-refractivity contribution is 5.83. The minimum Gasteiger partial charge on any atom is -0.504 e. The van der Waals surface area contributed by atoms with E-state index in [2.05, 4.69) is 17.1 Å². The number of benzene rings is 1. The number of carbonyl (C=O) groups is 1. The smallest absolute Gasteiger partial charge is 0.244 e. The van der Waals surface area contributed by atoms with Crippen LogP contribution < -0.4 is 10.1 Å². The Labute approximate surface area is 148 Å². The van der Waals surface area contributed by atoms with Gasteiger partial charge in [-0.3, -0.25) is 9.69 Å². The van der Waals surface area contributed by atoms with Gasteiger partial charge in [0.15, 0.2) is 11.5 Å². The summed E-state index contributed by atoms with van der Waals surface area (Å²) in [5, 5.41) is 13.3. The van der Waals surface area contributed by atoms with Crippen LogP contribution in [0.3, 0.4) is 0 Å². The number of phenols is 1. The Bertz CT molecular complexity index is 604. The van der Waals surface area contributed by atoms with Gasteiger partial charge in [0.05, 0.1) is 20.3 Å². The van der Waals surface area contributed by atoms with Gasteiger partial charge in [0, 0.05) is 38.8 Å². The first-order chi connectivity index (χ1) is 12.1. The van der Waals surface area contributed by atoms with Gasteiger partial charge in [0.25, 0.3) is 0 Å². The van der Waals surface area contributed by atoms with E-state index in [4.69, 9.17) is 9.47 Å². The topological polar surface area (TPSA) is 74.3 Å². The molecule has 2 aliphatic rings. The molecule has 1 aromatic rings. The largest absolute Gasteiger partial charge is 0.504 e.